The second-order valence-corrected chi connectivity index (χ2v) is 8.51. The number of hydrogen-bond acceptors (Lipinski definition) is 3. The van der Waals surface area contributed by atoms with Crippen molar-refractivity contribution in [1.82, 2.24) is 14.2 Å². The summed E-state index contributed by atoms with van der Waals surface area (Å²) >= 11 is 0. The average molecular weight is 309 g/mol. The predicted molar refractivity (Wildman–Crippen MR) is 80.6 cm³/mol. The zero-order chi connectivity index (χ0) is 14.4. The van der Waals surface area contributed by atoms with Crippen LogP contribution in [0.1, 0.15) is 50.3 Å². The van der Waals surface area contributed by atoms with Gasteiger partial charge in [-0.1, -0.05) is 0 Å². The molecular formula is C15H23N3O2S. The van der Waals surface area contributed by atoms with Gasteiger partial charge in [0.15, 0.2) is 0 Å². The Morgan fingerprint density at radius 2 is 1.86 bits per heavy atom. The van der Waals surface area contributed by atoms with E-state index in [4.69, 9.17) is 0 Å². The van der Waals surface area contributed by atoms with Crippen LogP contribution in [0.4, 0.5) is 0 Å². The lowest BCUT2D eigenvalue weighted by Gasteiger charge is -2.13. The van der Waals surface area contributed by atoms with Crippen LogP contribution in [-0.4, -0.2) is 36.4 Å². The molecule has 0 spiro atoms. The fraction of sp³-hybridized carbons (Fsp3) is 0.733. The number of aromatic nitrogens is 1. The first-order valence-corrected chi connectivity index (χ1v) is 9.53. The minimum atomic E-state index is -3.28. The van der Waals surface area contributed by atoms with E-state index in [1.54, 1.807) is 4.31 Å². The molecule has 5 nitrogen and oxygen atoms in total. The van der Waals surface area contributed by atoms with E-state index in [2.05, 4.69) is 9.88 Å². The molecule has 3 aliphatic rings. The zero-order valence-corrected chi connectivity index (χ0v) is 13.1. The number of sulfonamides is 1. The van der Waals surface area contributed by atoms with Crippen LogP contribution in [0.15, 0.2) is 17.2 Å². The molecule has 21 heavy (non-hydrogen) atoms. The summed E-state index contributed by atoms with van der Waals surface area (Å²) in [5.41, 5.74) is 1.13. The van der Waals surface area contributed by atoms with Gasteiger partial charge in [-0.15, -0.1) is 0 Å². The van der Waals surface area contributed by atoms with Crippen LogP contribution in [0.3, 0.4) is 0 Å². The molecule has 1 aliphatic heterocycles. The second kappa shape index (κ2) is 5.11. The van der Waals surface area contributed by atoms with E-state index in [9.17, 15) is 8.42 Å². The van der Waals surface area contributed by atoms with Gasteiger partial charge in [-0.25, -0.2) is 8.42 Å². The van der Waals surface area contributed by atoms with Gasteiger partial charge in [0, 0.05) is 43.6 Å². The molecule has 0 radical (unpaired) electrons. The van der Waals surface area contributed by atoms with Crippen LogP contribution >= 0.6 is 0 Å². The maximum absolute atomic E-state index is 12.7. The lowest BCUT2D eigenvalue weighted by Crippen LogP contribution is -2.27. The van der Waals surface area contributed by atoms with E-state index in [0.717, 1.165) is 25.1 Å². The lowest BCUT2D eigenvalue weighted by molar-refractivity contribution is 0.477. The van der Waals surface area contributed by atoms with Crippen LogP contribution in [0, 0.1) is 0 Å². The molecule has 1 aromatic heterocycles. The third-order valence-electron chi connectivity index (χ3n) is 4.70. The molecular weight excluding hydrogens is 286 g/mol. The summed E-state index contributed by atoms with van der Waals surface area (Å²) in [7, 11) is -3.28. The molecule has 2 aliphatic carbocycles. The summed E-state index contributed by atoms with van der Waals surface area (Å²) in [4.78, 5) is 0.490. The number of nitrogens with one attached hydrogen (secondary N) is 1. The Kier molecular flexibility index (Phi) is 3.35. The smallest absolute Gasteiger partial charge is 0.244 e. The van der Waals surface area contributed by atoms with Crippen molar-refractivity contribution >= 4 is 10.0 Å². The summed E-state index contributed by atoms with van der Waals surface area (Å²) < 4.78 is 29.2. The predicted octanol–water partition coefficient (Wildman–Crippen LogP) is 1.86. The third-order valence-corrected chi connectivity index (χ3v) is 6.56. The topological polar surface area (TPSA) is 54.3 Å². The van der Waals surface area contributed by atoms with E-state index in [0.29, 0.717) is 30.1 Å². The van der Waals surface area contributed by atoms with E-state index < -0.39 is 10.0 Å². The fourth-order valence-corrected chi connectivity index (χ4v) is 4.65. The van der Waals surface area contributed by atoms with Crippen LogP contribution in [-0.2, 0) is 16.6 Å². The molecule has 6 heteroatoms. The molecule has 4 rings (SSSR count). The maximum Gasteiger partial charge on any atom is 0.244 e. The second-order valence-electron chi connectivity index (χ2n) is 6.57. The highest BCUT2D eigenvalue weighted by Gasteiger charge is 2.32. The lowest BCUT2D eigenvalue weighted by atomic mass is 10.4. The van der Waals surface area contributed by atoms with E-state index in [1.165, 1.54) is 25.7 Å². The van der Waals surface area contributed by atoms with Crippen molar-refractivity contribution in [3.63, 3.8) is 0 Å². The molecule has 0 aromatic carbocycles. The van der Waals surface area contributed by atoms with Gasteiger partial charge in [0.25, 0.3) is 0 Å². The Morgan fingerprint density at radius 1 is 1.14 bits per heavy atom. The van der Waals surface area contributed by atoms with Crippen LogP contribution in [0.5, 0.6) is 0 Å². The Bertz CT molecular complexity index is 623. The molecule has 1 saturated heterocycles. The van der Waals surface area contributed by atoms with Crippen LogP contribution in [0.2, 0.25) is 0 Å². The minimum absolute atomic E-state index is 0.490. The van der Waals surface area contributed by atoms with Gasteiger partial charge in [-0.05, 0) is 44.6 Å². The van der Waals surface area contributed by atoms with Gasteiger partial charge in [-0.3, -0.25) is 0 Å². The summed E-state index contributed by atoms with van der Waals surface area (Å²) in [5.74, 6) is 0. The fourth-order valence-electron chi connectivity index (χ4n) is 3.09. The Balaban J connectivity index is 1.60. The van der Waals surface area contributed by atoms with Gasteiger partial charge in [0.05, 0.1) is 0 Å². The first-order chi connectivity index (χ1) is 10.1. The van der Waals surface area contributed by atoms with E-state index >= 15 is 0 Å². The van der Waals surface area contributed by atoms with Crippen molar-refractivity contribution in [2.24, 2.45) is 0 Å². The van der Waals surface area contributed by atoms with Crippen molar-refractivity contribution in [1.29, 1.82) is 0 Å². The monoisotopic (exact) mass is 309 g/mol. The molecule has 1 aromatic rings. The largest absolute Gasteiger partial charge is 0.346 e. The Hall–Kier alpha value is -0.850. The molecule has 0 amide bonds. The van der Waals surface area contributed by atoms with E-state index in [1.807, 2.05) is 12.3 Å². The van der Waals surface area contributed by atoms with Gasteiger partial charge in [0.1, 0.15) is 4.90 Å². The first-order valence-electron chi connectivity index (χ1n) is 8.09. The summed E-state index contributed by atoms with van der Waals surface area (Å²) in [6.45, 7) is 2.13. The van der Waals surface area contributed by atoms with Crippen molar-refractivity contribution in [3.05, 3.63) is 18.0 Å². The van der Waals surface area contributed by atoms with Crippen molar-refractivity contribution < 1.29 is 8.42 Å². The van der Waals surface area contributed by atoms with Gasteiger partial charge in [0.2, 0.25) is 10.0 Å². The SMILES string of the molecule is O=S(=O)(c1cc(CNC2CC2)n(C2CC2)c1)N1CCCC1. The third kappa shape index (κ3) is 2.76. The Labute approximate surface area is 126 Å². The van der Waals surface area contributed by atoms with Crippen molar-refractivity contribution in [2.75, 3.05) is 13.1 Å². The van der Waals surface area contributed by atoms with E-state index in [-0.39, 0.29) is 0 Å². The molecule has 2 heterocycles. The molecule has 0 atom stereocenters. The molecule has 3 fully saturated rings. The highest BCUT2D eigenvalue weighted by atomic mass is 32.2. The van der Waals surface area contributed by atoms with Gasteiger partial charge < -0.3 is 9.88 Å². The summed E-state index contributed by atoms with van der Waals surface area (Å²) in [6.07, 6.45) is 8.70. The average Bonchev–Trinajstić information content (AvgIpc) is 3.38. The molecule has 0 bridgehead atoms. The first kappa shape index (κ1) is 13.8. The molecule has 1 N–H and O–H groups in total. The molecule has 2 saturated carbocycles. The molecule has 0 unspecified atom stereocenters. The number of hydrogen-bond donors (Lipinski definition) is 1. The molecule has 116 valence electrons. The zero-order valence-electron chi connectivity index (χ0n) is 12.3. The quantitative estimate of drug-likeness (QED) is 0.872. The summed E-state index contributed by atoms with van der Waals surface area (Å²) in [6, 6.07) is 3.05. The maximum atomic E-state index is 12.7. The number of nitrogens with zero attached hydrogens (tertiary/aromatic N) is 2. The highest BCUT2D eigenvalue weighted by molar-refractivity contribution is 7.89. The van der Waals surface area contributed by atoms with Crippen LogP contribution in [0.25, 0.3) is 0 Å². The summed E-state index contributed by atoms with van der Waals surface area (Å²) in [5, 5.41) is 3.50. The Morgan fingerprint density at radius 3 is 2.48 bits per heavy atom. The van der Waals surface area contributed by atoms with Gasteiger partial charge >= 0.3 is 0 Å². The minimum Gasteiger partial charge on any atom is -0.346 e. The normalized spacial score (nSPS) is 23.8. The number of rotatable bonds is 6. The highest BCUT2D eigenvalue weighted by Crippen LogP contribution is 2.38. The standard InChI is InChI=1S/C15H23N3O2S/c19-21(20,17-7-1-2-8-17)15-9-14(10-16-12-3-4-12)18(11-15)13-5-6-13/h9,11-13,16H,1-8,10H2. The van der Waals surface area contributed by atoms with Crippen molar-refractivity contribution in [3.8, 4) is 0 Å². The van der Waals surface area contributed by atoms with Crippen LogP contribution < -0.4 is 5.32 Å². The van der Waals surface area contributed by atoms with Crippen molar-refractivity contribution in [2.45, 2.75) is 62.0 Å². The van der Waals surface area contributed by atoms with Gasteiger partial charge in [-0.2, -0.15) is 4.31 Å².